The van der Waals surface area contributed by atoms with Gasteiger partial charge in [0.2, 0.25) is 0 Å². The molecule has 0 aromatic carbocycles. The number of carbonyl (C=O) groups is 2. The molecule has 0 unspecified atom stereocenters. The van der Waals surface area contributed by atoms with E-state index in [1.165, 1.54) is 4.90 Å². The molecule has 0 atom stereocenters. The number of aryl methyl sites for hydroxylation is 1. The lowest BCUT2D eigenvalue weighted by atomic mass is 10.1. The monoisotopic (exact) mass is 250 g/mol. The molecule has 3 amide bonds. The van der Waals surface area contributed by atoms with E-state index >= 15 is 0 Å². The van der Waals surface area contributed by atoms with Crippen molar-refractivity contribution >= 4 is 11.9 Å². The van der Waals surface area contributed by atoms with E-state index in [0.717, 1.165) is 12.2 Å². The molecule has 1 aromatic heterocycles. The number of hydrogen-bond donors (Lipinski definition) is 1. The molecule has 98 valence electrons. The van der Waals surface area contributed by atoms with Gasteiger partial charge in [-0.1, -0.05) is 6.92 Å². The number of hydrogen-bond acceptors (Lipinski definition) is 3. The average molecular weight is 250 g/mol. The molecular formula is C12H18N4O2. The standard InChI is InChI=1S/C12H18N4O2/c1-4-9-13-5-6-15(9)7-8-16-10(17)12(2,3)14-11(16)18/h5-6H,4,7-8H2,1-3H3,(H,14,18). The quantitative estimate of drug-likeness (QED) is 0.803. The van der Waals surface area contributed by atoms with Gasteiger partial charge in [-0.15, -0.1) is 0 Å². The van der Waals surface area contributed by atoms with Crippen LogP contribution >= 0.6 is 0 Å². The summed E-state index contributed by atoms with van der Waals surface area (Å²) >= 11 is 0. The number of nitrogens with one attached hydrogen (secondary N) is 1. The zero-order valence-electron chi connectivity index (χ0n) is 10.9. The molecule has 1 fully saturated rings. The molecule has 18 heavy (non-hydrogen) atoms. The van der Waals surface area contributed by atoms with E-state index < -0.39 is 5.54 Å². The molecule has 1 N–H and O–H groups in total. The van der Waals surface area contributed by atoms with Gasteiger partial charge >= 0.3 is 6.03 Å². The maximum Gasteiger partial charge on any atom is 0.325 e. The summed E-state index contributed by atoms with van der Waals surface area (Å²) in [5.74, 6) is 0.784. The fourth-order valence-corrected chi connectivity index (χ4v) is 2.09. The Bertz CT molecular complexity index is 478. The molecule has 1 aliphatic rings. The SMILES string of the molecule is CCc1nccn1CCN1C(=O)NC(C)(C)C1=O. The lowest BCUT2D eigenvalue weighted by Crippen LogP contribution is -2.40. The largest absolute Gasteiger partial charge is 0.333 e. The van der Waals surface area contributed by atoms with Gasteiger partial charge in [-0.2, -0.15) is 0 Å². The number of amides is 3. The predicted octanol–water partition coefficient (Wildman–Crippen LogP) is 0.776. The van der Waals surface area contributed by atoms with Gasteiger partial charge in [0, 0.05) is 31.9 Å². The number of carbonyl (C=O) groups excluding carboxylic acids is 2. The topological polar surface area (TPSA) is 67.2 Å². The Kier molecular flexibility index (Phi) is 3.11. The van der Waals surface area contributed by atoms with Crippen molar-refractivity contribution in [2.45, 2.75) is 39.3 Å². The number of imidazole rings is 1. The molecule has 0 bridgehead atoms. The van der Waals surface area contributed by atoms with Crippen molar-refractivity contribution in [1.82, 2.24) is 19.8 Å². The van der Waals surface area contributed by atoms with Gasteiger partial charge in [-0.05, 0) is 13.8 Å². The molecule has 0 radical (unpaired) electrons. The first-order chi connectivity index (χ1) is 8.45. The summed E-state index contributed by atoms with van der Waals surface area (Å²) in [7, 11) is 0. The highest BCUT2D eigenvalue weighted by molar-refractivity contribution is 6.06. The fourth-order valence-electron chi connectivity index (χ4n) is 2.09. The van der Waals surface area contributed by atoms with Crippen LogP contribution in [-0.4, -0.2) is 38.5 Å². The van der Waals surface area contributed by atoms with E-state index in [1.54, 1.807) is 20.0 Å². The highest BCUT2D eigenvalue weighted by Crippen LogP contribution is 2.16. The van der Waals surface area contributed by atoms with Crippen LogP contribution in [0.15, 0.2) is 12.4 Å². The third kappa shape index (κ3) is 2.10. The smallest absolute Gasteiger partial charge is 0.325 e. The third-order valence-electron chi connectivity index (χ3n) is 3.13. The molecule has 0 saturated carbocycles. The lowest BCUT2D eigenvalue weighted by Gasteiger charge is -2.16. The Balaban J connectivity index is 2.03. The number of nitrogens with zero attached hydrogens (tertiary/aromatic N) is 3. The van der Waals surface area contributed by atoms with Crippen LogP contribution in [0.1, 0.15) is 26.6 Å². The van der Waals surface area contributed by atoms with Crippen LogP contribution < -0.4 is 5.32 Å². The first-order valence-corrected chi connectivity index (χ1v) is 6.10. The number of imide groups is 1. The molecule has 6 nitrogen and oxygen atoms in total. The van der Waals surface area contributed by atoms with E-state index in [1.807, 2.05) is 17.7 Å². The van der Waals surface area contributed by atoms with Gasteiger partial charge in [0.15, 0.2) is 0 Å². The summed E-state index contributed by atoms with van der Waals surface area (Å²) in [4.78, 5) is 29.1. The predicted molar refractivity (Wildman–Crippen MR) is 65.9 cm³/mol. The highest BCUT2D eigenvalue weighted by atomic mass is 16.2. The van der Waals surface area contributed by atoms with E-state index in [-0.39, 0.29) is 11.9 Å². The van der Waals surface area contributed by atoms with Crippen molar-refractivity contribution in [3.63, 3.8) is 0 Å². The van der Waals surface area contributed by atoms with Crippen LogP contribution in [-0.2, 0) is 17.8 Å². The summed E-state index contributed by atoms with van der Waals surface area (Å²) in [6, 6.07) is -0.317. The number of urea groups is 1. The Morgan fingerprint density at radius 1 is 1.33 bits per heavy atom. The van der Waals surface area contributed by atoms with Gasteiger partial charge in [-0.3, -0.25) is 9.69 Å². The fraction of sp³-hybridized carbons (Fsp3) is 0.583. The molecular weight excluding hydrogens is 232 g/mol. The Morgan fingerprint density at radius 2 is 2.06 bits per heavy atom. The lowest BCUT2D eigenvalue weighted by molar-refractivity contribution is -0.130. The second-order valence-corrected chi connectivity index (χ2v) is 4.90. The molecule has 0 aliphatic carbocycles. The van der Waals surface area contributed by atoms with Gasteiger partial charge in [0.1, 0.15) is 11.4 Å². The van der Waals surface area contributed by atoms with E-state index in [4.69, 9.17) is 0 Å². The molecule has 1 aliphatic heterocycles. The summed E-state index contributed by atoms with van der Waals surface area (Å²) < 4.78 is 1.96. The van der Waals surface area contributed by atoms with Crippen molar-refractivity contribution in [2.24, 2.45) is 0 Å². The minimum Gasteiger partial charge on any atom is -0.333 e. The molecule has 2 heterocycles. The normalized spacial score (nSPS) is 18.3. The number of aromatic nitrogens is 2. The maximum absolute atomic E-state index is 12.0. The van der Waals surface area contributed by atoms with Crippen LogP contribution in [0.2, 0.25) is 0 Å². The van der Waals surface area contributed by atoms with Crippen molar-refractivity contribution in [2.75, 3.05) is 6.54 Å². The second-order valence-electron chi connectivity index (χ2n) is 4.90. The summed E-state index contributed by atoms with van der Waals surface area (Å²) in [5.41, 5.74) is -0.792. The van der Waals surface area contributed by atoms with Crippen molar-refractivity contribution < 1.29 is 9.59 Å². The van der Waals surface area contributed by atoms with Crippen molar-refractivity contribution in [1.29, 1.82) is 0 Å². The summed E-state index contributed by atoms with van der Waals surface area (Å²) in [6.45, 7) is 6.40. The highest BCUT2D eigenvalue weighted by Gasteiger charge is 2.43. The first kappa shape index (κ1) is 12.6. The van der Waals surface area contributed by atoms with Gasteiger partial charge in [-0.25, -0.2) is 9.78 Å². The van der Waals surface area contributed by atoms with E-state index in [2.05, 4.69) is 10.3 Å². The van der Waals surface area contributed by atoms with Gasteiger partial charge in [0.25, 0.3) is 5.91 Å². The van der Waals surface area contributed by atoms with Crippen LogP contribution in [0.25, 0.3) is 0 Å². The van der Waals surface area contributed by atoms with Crippen LogP contribution in [0.5, 0.6) is 0 Å². The number of rotatable bonds is 4. The van der Waals surface area contributed by atoms with E-state index in [0.29, 0.717) is 13.1 Å². The van der Waals surface area contributed by atoms with Crippen LogP contribution in [0, 0.1) is 0 Å². The second kappa shape index (κ2) is 4.44. The molecule has 2 rings (SSSR count). The van der Waals surface area contributed by atoms with Crippen LogP contribution in [0.4, 0.5) is 4.79 Å². The third-order valence-corrected chi connectivity index (χ3v) is 3.13. The zero-order chi connectivity index (χ0) is 13.3. The Hall–Kier alpha value is -1.85. The van der Waals surface area contributed by atoms with E-state index in [9.17, 15) is 9.59 Å². The first-order valence-electron chi connectivity index (χ1n) is 6.10. The Morgan fingerprint density at radius 3 is 2.61 bits per heavy atom. The minimum absolute atomic E-state index is 0.175. The molecule has 1 saturated heterocycles. The molecule has 0 spiro atoms. The molecule has 1 aromatic rings. The zero-order valence-corrected chi connectivity index (χ0v) is 10.9. The van der Waals surface area contributed by atoms with Gasteiger partial charge < -0.3 is 9.88 Å². The van der Waals surface area contributed by atoms with Crippen molar-refractivity contribution in [3.05, 3.63) is 18.2 Å². The Labute approximate surface area is 106 Å². The minimum atomic E-state index is -0.792. The average Bonchev–Trinajstić information content (AvgIpc) is 2.82. The molecule has 6 heteroatoms. The van der Waals surface area contributed by atoms with Crippen molar-refractivity contribution in [3.8, 4) is 0 Å². The van der Waals surface area contributed by atoms with Crippen LogP contribution in [0.3, 0.4) is 0 Å². The maximum atomic E-state index is 12.0. The van der Waals surface area contributed by atoms with Gasteiger partial charge in [0.05, 0.1) is 0 Å². The summed E-state index contributed by atoms with van der Waals surface area (Å²) in [5, 5.41) is 2.66. The summed E-state index contributed by atoms with van der Waals surface area (Å²) in [6.07, 6.45) is 4.43.